The zero-order valence-electron chi connectivity index (χ0n) is 27.1. The van der Waals surface area contributed by atoms with Gasteiger partial charge in [0.1, 0.15) is 18.1 Å². The third-order valence-electron chi connectivity index (χ3n) is 8.69. The van der Waals surface area contributed by atoms with Gasteiger partial charge in [0.2, 0.25) is 17.7 Å². The molecule has 256 valence electrons. The maximum atomic E-state index is 14.0. The fourth-order valence-corrected chi connectivity index (χ4v) is 6.06. The van der Waals surface area contributed by atoms with Gasteiger partial charge in [0, 0.05) is 65.4 Å². The van der Waals surface area contributed by atoms with Gasteiger partial charge in [-0.15, -0.1) is 0 Å². The molecule has 0 aliphatic heterocycles. The summed E-state index contributed by atoms with van der Waals surface area (Å²) in [5.74, 6) is -3.11. The molecular weight excluding hydrogens is 636 g/mol. The Bertz CT molecular complexity index is 2090. The van der Waals surface area contributed by atoms with E-state index >= 15 is 0 Å². The highest BCUT2D eigenvalue weighted by atomic mass is 16.4. The number of fused-ring (bicyclic) bond motifs is 2. The minimum absolute atomic E-state index is 0.0323. The maximum Gasteiger partial charge on any atom is 0.326 e. The number of carbonyl (C=O) groups is 4. The standard InChI is InChI=1S/C37H38N8O5/c38-28(15-23-18-40-29-12-6-4-10-26(23)29)34(46)43-32(17-25-20-39-21-42-25)36(48)44-31(16-24-19-41-30-13-7-5-11-27(24)30)35(47)45-33(37(49)50)14-22-8-2-1-3-9-22/h1-13,18-21,28,31-33,40-41H,14-17,38H2,(H,39,42)(H,43,46)(H,44,48)(H,45,47)(H,49,50). The lowest BCUT2D eigenvalue weighted by Crippen LogP contribution is -2.58. The number of carbonyl (C=O) groups excluding carboxylic acids is 3. The Kier molecular flexibility index (Phi) is 10.3. The van der Waals surface area contributed by atoms with Crippen molar-refractivity contribution < 1.29 is 24.3 Å². The lowest BCUT2D eigenvalue weighted by atomic mass is 10.0. The van der Waals surface area contributed by atoms with E-state index in [4.69, 9.17) is 5.73 Å². The van der Waals surface area contributed by atoms with Gasteiger partial charge in [0.15, 0.2) is 0 Å². The number of aliphatic carboxylic acids is 1. The van der Waals surface area contributed by atoms with E-state index in [1.807, 2.05) is 60.8 Å². The molecule has 0 radical (unpaired) electrons. The largest absolute Gasteiger partial charge is 0.480 e. The maximum absolute atomic E-state index is 14.0. The number of para-hydroxylation sites is 2. The molecule has 0 bridgehead atoms. The number of nitrogens with two attached hydrogens (primary N) is 1. The first-order chi connectivity index (χ1) is 24.2. The van der Waals surface area contributed by atoms with Crippen LogP contribution in [0.1, 0.15) is 22.4 Å². The summed E-state index contributed by atoms with van der Waals surface area (Å²) in [6.45, 7) is 0. The molecule has 3 aromatic carbocycles. The Morgan fingerprint density at radius 3 is 1.78 bits per heavy atom. The van der Waals surface area contributed by atoms with Crippen molar-refractivity contribution in [2.75, 3.05) is 0 Å². The number of rotatable bonds is 15. The van der Waals surface area contributed by atoms with Crippen LogP contribution >= 0.6 is 0 Å². The molecule has 3 aromatic heterocycles. The third kappa shape index (κ3) is 8.08. The van der Waals surface area contributed by atoms with Crippen LogP contribution in [0.5, 0.6) is 0 Å². The smallest absolute Gasteiger partial charge is 0.326 e. The van der Waals surface area contributed by atoms with E-state index in [0.717, 1.165) is 38.5 Å². The molecule has 4 unspecified atom stereocenters. The van der Waals surface area contributed by atoms with Crippen molar-refractivity contribution >= 4 is 45.5 Å². The Morgan fingerprint density at radius 2 is 1.18 bits per heavy atom. The summed E-state index contributed by atoms with van der Waals surface area (Å²) < 4.78 is 0. The number of carboxylic acids is 1. The third-order valence-corrected chi connectivity index (χ3v) is 8.69. The molecule has 50 heavy (non-hydrogen) atoms. The van der Waals surface area contributed by atoms with Crippen LogP contribution in [0.25, 0.3) is 21.8 Å². The number of hydrogen-bond acceptors (Lipinski definition) is 6. The molecule has 0 aliphatic carbocycles. The van der Waals surface area contributed by atoms with Crippen LogP contribution in [-0.2, 0) is 44.9 Å². The van der Waals surface area contributed by atoms with Crippen molar-refractivity contribution in [3.8, 4) is 0 Å². The summed E-state index contributed by atoms with van der Waals surface area (Å²) in [4.78, 5) is 67.0. The zero-order chi connectivity index (χ0) is 35.0. The monoisotopic (exact) mass is 674 g/mol. The fraction of sp³-hybridized carbons (Fsp3) is 0.216. The number of carboxylic acid groups (broad SMARTS) is 1. The summed E-state index contributed by atoms with van der Waals surface area (Å²) >= 11 is 0. The molecule has 13 nitrogen and oxygen atoms in total. The Morgan fingerprint density at radius 1 is 0.640 bits per heavy atom. The number of benzene rings is 3. The molecular formula is C37H38N8O5. The Balaban J connectivity index is 1.22. The summed E-state index contributed by atoms with van der Waals surface area (Å²) in [5, 5.41) is 20.0. The van der Waals surface area contributed by atoms with Crippen molar-refractivity contribution in [3.63, 3.8) is 0 Å². The highest BCUT2D eigenvalue weighted by Crippen LogP contribution is 2.21. The summed E-state index contributed by atoms with van der Waals surface area (Å²) in [5.41, 5.74) is 11.0. The molecule has 0 spiro atoms. The van der Waals surface area contributed by atoms with Gasteiger partial charge in [-0.05, 0) is 35.2 Å². The second-order valence-electron chi connectivity index (χ2n) is 12.2. The van der Waals surface area contributed by atoms with Gasteiger partial charge in [-0.25, -0.2) is 9.78 Å². The lowest BCUT2D eigenvalue weighted by molar-refractivity contribution is -0.142. The van der Waals surface area contributed by atoms with E-state index in [0.29, 0.717) is 5.69 Å². The molecule has 6 aromatic rings. The number of nitrogens with zero attached hydrogens (tertiary/aromatic N) is 1. The average Bonchev–Trinajstić information content (AvgIpc) is 3.89. The first-order valence-corrected chi connectivity index (χ1v) is 16.3. The number of aromatic nitrogens is 4. The quantitative estimate of drug-likeness (QED) is 0.0815. The van der Waals surface area contributed by atoms with Crippen LogP contribution in [-0.4, -0.2) is 72.9 Å². The van der Waals surface area contributed by atoms with Gasteiger partial charge >= 0.3 is 5.97 Å². The van der Waals surface area contributed by atoms with Crippen molar-refractivity contribution in [2.24, 2.45) is 5.73 Å². The second-order valence-corrected chi connectivity index (χ2v) is 12.2. The molecule has 13 heteroatoms. The molecule has 0 fully saturated rings. The molecule has 0 aliphatic rings. The predicted molar refractivity (Wildman–Crippen MR) is 188 cm³/mol. The number of hydrogen-bond donors (Lipinski definition) is 8. The normalized spacial score (nSPS) is 13.7. The molecule has 9 N–H and O–H groups in total. The molecule has 4 atom stereocenters. The molecule has 0 saturated heterocycles. The minimum atomic E-state index is -1.25. The first-order valence-electron chi connectivity index (χ1n) is 16.3. The van der Waals surface area contributed by atoms with Crippen molar-refractivity contribution in [2.45, 2.75) is 49.9 Å². The van der Waals surface area contributed by atoms with Crippen molar-refractivity contribution in [3.05, 3.63) is 126 Å². The van der Waals surface area contributed by atoms with E-state index in [-0.39, 0.29) is 25.7 Å². The Hall–Kier alpha value is -6.21. The molecule has 0 saturated carbocycles. The summed E-state index contributed by atoms with van der Waals surface area (Å²) in [6.07, 6.45) is 6.90. The van der Waals surface area contributed by atoms with Crippen LogP contribution in [0, 0.1) is 0 Å². The minimum Gasteiger partial charge on any atom is -0.480 e. The van der Waals surface area contributed by atoms with E-state index in [2.05, 4.69) is 35.9 Å². The lowest BCUT2D eigenvalue weighted by Gasteiger charge is -2.25. The Labute approximate surface area is 287 Å². The summed E-state index contributed by atoms with van der Waals surface area (Å²) in [6, 6.07) is 19.6. The molecule has 3 heterocycles. The van der Waals surface area contributed by atoms with E-state index in [9.17, 15) is 24.3 Å². The van der Waals surface area contributed by atoms with Crippen LogP contribution < -0.4 is 21.7 Å². The number of amides is 3. The van der Waals surface area contributed by atoms with E-state index in [1.54, 1.807) is 30.5 Å². The van der Waals surface area contributed by atoms with Crippen molar-refractivity contribution in [1.29, 1.82) is 0 Å². The van der Waals surface area contributed by atoms with Crippen LogP contribution in [0.15, 0.2) is 104 Å². The molecule has 3 amide bonds. The van der Waals surface area contributed by atoms with Crippen LogP contribution in [0.3, 0.4) is 0 Å². The SMILES string of the molecule is NC(Cc1c[nH]c2ccccc12)C(=O)NC(Cc1cnc[nH]1)C(=O)NC(Cc1c[nH]c2ccccc12)C(=O)NC(Cc1ccccc1)C(=O)O. The van der Waals surface area contributed by atoms with Gasteiger partial charge in [-0.3, -0.25) is 14.4 Å². The van der Waals surface area contributed by atoms with E-state index < -0.39 is 47.9 Å². The molecule has 6 rings (SSSR count). The topological polar surface area (TPSA) is 211 Å². The van der Waals surface area contributed by atoms with Gasteiger partial charge in [0.05, 0.1) is 12.4 Å². The second kappa shape index (κ2) is 15.3. The number of H-pyrrole nitrogens is 3. The number of imidazole rings is 1. The first kappa shape index (κ1) is 33.7. The number of aromatic amines is 3. The van der Waals surface area contributed by atoms with Gasteiger partial charge in [-0.1, -0.05) is 66.7 Å². The summed E-state index contributed by atoms with van der Waals surface area (Å²) in [7, 11) is 0. The van der Waals surface area contributed by atoms with Crippen LogP contribution in [0.2, 0.25) is 0 Å². The van der Waals surface area contributed by atoms with Gasteiger partial charge < -0.3 is 41.7 Å². The fourth-order valence-electron chi connectivity index (χ4n) is 6.06. The average molecular weight is 675 g/mol. The highest BCUT2D eigenvalue weighted by molar-refractivity contribution is 5.95. The van der Waals surface area contributed by atoms with Crippen LogP contribution in [0.4, 0.5) is 0 Å². The predicted octanol–water partition coefficient (Wildman–Crippen LogP) is 2.51. The van der Waals surface area contributed by atoms with Crippen molar-refractivity contribution in [1.82, 2.24) is 35.9 Å². The zero-order valence-corrected chi connectivity index (χ0v) is 27.1. The highest BCUT2D eigenvalue weighted by Gasteiger charge is 2.32. The number of nitrogens with one attached hydrogen (secondary N) is 6. The van der Waals surface area contributed by atoms with Gasteiger partial charge in [0.25, 0.3) is 0 Å². The van der Waals surface area contributed by atoms with Gasteiger partial charge in [-0.2, -0.15) is 0 Å². The van der Waals surface area contributed by atoms with E-state index in [1.165, 1.54) is 12.5 Å².